The fourth-order valence-electron chi connectivity index (χ4n) is 1.97. The lowest BCUT2D eigenvalue weighted by molar-refractivity contribution is -0.385. The van der Waals surface area contributed by atoms with E-state index in [0.717, 1.165) is 5.56 Å². The van der Waals surface area contributed by atoms with E-state index in [1.165, 1.54) is 0 Å². The Hall–Kier alpha value is -1.47. The predicted molar refractivity (Wildman–Crippen MR) is 80.4 cm³/mol. The molecule has 1 unspecified atom stereocenters. The minimum Gasteiger partial charge on any atom is -0.359 e. The first-order chi connectivity index (χ1) is 9.35. The summed E-state index contributed by atoms with van der Waals surface area (Å²) in [7, 11) is 3.49. The fourth-order valence-corrected chi connectivity index (χ4v) is 2.36. The zero-order chi connectivity index (χ0) is 15.3. The molecule has 1 N–H and O–H groups in total. The van der Waals surface area contributed by atoms with Gasteiger partial charge in [0, 0.05) is 32.1 Å². The third-order valence-electron chi connectivity index (χ3n) is 2.94. The molecule has 1 rings (SSSR count). The predicted octanol–water partition coefficient (Wildman–Crippen LogP) is 2.17. The van der Waals surface area contributed by atoms with Crippen molar-refractivity contribution >= 4 is 27.5 Å². The molecule has 1 atom stereocenters. The smallest absolute Gasteiger partial charge is 0.283 e. The standard InChI is InChI=1S/C13H18BrN3O3/c1-9(13(18)15-2)7-16(3)8-10-4-5-11(14)12(6-10)17(19)20/h4-6,9H,7-8H2,1-3H3,(H,15,18). The molecule has 0 aliphatic rings. The normalized spacial score (nSPS) is 12.2. The van der Waals surface area contributed by atoms with Crippen molar-refractivity contribution < 1.29 is 9.72 Å². The van der Waals surface area contributed by atoms with Gasteiger partial charge < -0.3 is 10.2 Å². The highest BCUT2D eigenvalue weighted by Gasteiger charge is 2.16. The number of nitro benzene ring substituents is 1. The number of rotatable bonds is 6. The molecule has 0 aliphatic heterocycles. The van der Waals surface area contributed by atoms with Crippen molar-refractivity contribution in [3.8, 4) is 0 Å². The van der Waals surface area contributed by atoms with Gasteiger partial charge in [0.1, 0.15) is 0 Å². The molecule has 20 heavy (non-hydrogen) atoms. The molecule has 110 valence electrons. The molecule has 0 saturated heterocycles. The molecule has 0 bridgehead atoms. The van der Waals surface area contributed by atoms with Gasteiger partial charge in [0.25, 0.3) is 5.69 Å². The van der Waals surface area contributed by atoms with Gasteiger partial charge in [-0.1, -0.05) is 13.0 Å². The Kier molecular flexibility index (Phi) is 6.09. The van der Waals surface area contributed by atoms with Gasteiger partial charge in [0.05, 0.1) is 9.40 Å². The SMILES string of the molecule is CNC(=O)C(C)CN(C)Cc1ccc(Br)c([N+](=O)[O-])c1. The molecule has 1 aromatic rings. The van der Waals surface area contributed by atoms with Gasteiger partial charge in [-0.25, -0.2) is 0 Å². The van der Waals surface area contributed by atoms with E-state index in [2.05, 4.69) is 21.2 Å². The van der Waals surface area contributed by atoms with E-state index in [1.807, 2.05) is 24.9 Å². The quantitative estimate of drug-likeness (QED) is 0.634. The maximum Gasteiger partial charge on any atom is 0.283 e. The second-order valence-electron chi connectivity index (χ2n) is 4.75. The van der Waals surface area contributed by atoms with Gasteiger partial charge in [0.15, 0.2) is 0 Å². The molecule has 6 nitrogen and oxygen atoms in total. The van der Waals surface area contributed by atoms with E-state index in [4.69, 9.17) is 0 Å². The van der Waals surface area contributed by atoms with Crippen LogP contribution in [-0.4, -0.2) is 36.4 Å². The van der Waals surface area contributed by atoms with Gasteiger partial charge in [-0.05, 0) is 34.6 Å². The lowest BCUT2D eigenvalue weighted by Crippen LogP contribution is -2.34. The van der Waals surface area contributed by atoms with Crippen molar-refractivity contribution in [1.29, 1.82) is 0 Å². The molecule has 0 heterocycles. The van der Waals surface area contributed by atoms with Crippen molar-refractivity contribution in [2.45, 2.75) is 13.5 Å². The van der Waals surface area contributed by atoms with Crippen LogP contribution in [0.2, 0.25) is 0 Å². The largest absolute Gasteiger partial charge is 0.359 e. The zero-order valence-corrected chi connectivity index (χ0v) is 13.3. The van der Waals surface area contributed by atoms with Crippen LogP contribution < -0.4 is 5.32 Å². The summed E-state index contributed by atoms with van der Waals surface area (Å²) < 4.78 is 0.465. The number of nitro groups is 1. The summed E-state index contributed by atoms with van der Waals surface area (Å²) in [5.41, 5.74) is 0.891. The number of nitrogens with one attached hydrogen (secondary N) is 1. The van der Waals surface area contributed by atoms with Gasteiger partial charge in [0.2, 0.25) is 5.91 Å². The van der Waals surface area contributed by atoms with Crippen LogP contribution in [-0.2, 0) is 11.3 Å². The number of benzene rings is 1. The number of carbonyl (C=O) groups excluding carboxylic acids is 1. The number of halogens is 1. The van der Waals surface area contributed by atoms with E-state index >= 15 is 0 Å². The molecular formula is C13H18BrN3O3. The molecule has 0 spiro atoms. The number of hydrogen-bond acceptors (Lipinski definition) is 4. The minimum atomic E-state index is -0.416. The molecule has 1 amide bonds. The van der Waals surface area contributed by atoms with Crippen LogP contribution >= 0.6 is 15.9 Å². The molecule has 7 heteroatoms. The van der Waals surface area contributed by atoms with Crippen LogP contribution in [0, 0.1) is 16.0 Å². The molecule has 0 aliphatic carbocycles. The van der Waals surface area contributed by atoms with Gasteiger partial charge in [-0.2, -0.15) is 0 Å². The van der Waals surface area contributed by atoms with E-state index in [0.29, 0.717) is 17.6 Å². The monoisotopic (exact) mass is 343 g/mol. The average Bonchev–Trinajstić information content (AvgIpc) is 2.39. The number of hydrogen-bond donors (Lipinski definition) is 1. The Labute approximate surface area is 126 Å². The fraction of sp³-hybridized carbons (Fsp3) is 0.462. The van der Waals surface area contributed by atoms with Crippen LogP contribution in [0.3, 0.4) is 0 Å². The second kappa shape index (κ2) is 7.35. The minimum absolute atomic E-state index is 0.0152. The van der Waals surface area contributed by atoms with Crippen molar-refractivity contribution in [3.63, 3.8) is 0 Å². The maximum absolute atomic E-state index is 11.5. The van der Waals surface area contributed by atoms with Gasteiger partial charge >= 0.3 is 0 Å². The van der Waals surface area contributed by atoms with E-state index in [1.54, 1.807) is 19.2 Å². The maximum atomic E-state index is 11.5. The van der Waals surface area contributed by atoms with Crippen molar-refractivity contribution in [3.05, 3.63) is 38.3 Å². The van der Waals surface area contributed by atoms with Gasteiger partial charge in [-0.15, -0.1) is 0 Å². The van der Waals surface area contributed by atoms with Crippen LogP contribution in [0.4, 0.5) is 5.69 Å². The lowest BCUT2D eigenvalue weighted by atomic mass is 10.1. The summed E-state index contributed by atoms with van der Waals surface area (Å²) in [6.07, 6.45) is 0. The average molecular weight is 344 g/mol. The second-order valence-corrected chi connectivity index (χ2v) is 5.61. The summed E-state index contributed by atoms with van der Waals surface area (Å²) in [4.78, 5) is 23.9. The summed E-state index contributed by atoms with van der Waals surface area (Å²) >= 11 is 3.16. The molecule has 1 aromatic carbocycles. The van der Waals surface area contributed by atoms with Crippen LogP contribution in [0.25, 0.3) is 0 Å². The first-order valence-electron chi connectivity index (χ1n) is 6.18. The van der Waals surface area contributed by atoms with E-state index < -0.39 is 4.92 Å². The highest BCUT2D eigenvalue weighted by molar-refractivity contribution is 9.10. The molecule has 0 radical (unpaired) electrons. The number of carbonyl (C=O) groups is 1. The number of nitrogens with zero attached hydrogens (tertiary/aromatic N) is 2. The summed E-state index contributed by atoms with van der Waals surface area (Å²) in [6, 6.07) is 5.05. The molecule has 0 fully saturated rings. The third-order valence-corrected chi connectivity index (χ3v) is 3.61. The Morgan fingerprint density at radius 3 is 2.75 bits per heavy atom. The summed E-state index contributed by atoms with van der Waals surface area (Å²) in [6.45, 7) is 2.98. The van der Waals surface area contributed by atoms with Crippen LogP contribution in [0.1, 0.15) is 12.5 Å². The highest BCUT2D eigenvalue weighted by atomic mass is 79.9. The Balaban J connectivity index is 2.71. The highest BCUT2D eigenvalue weighted by Crippen LogP contribution is 2.26. The summed E-state index contributed by atoms with van der Waals surface area (Å²) in [5.74, 6) is -0.144. The molecule has 0 aromatic heterocycles. The van der Waals surface area contributed by atoms with E-state index in [9.17, 15) is 14.9 Å². The molecular weight excluding hydrogens is 326 g/mol. The van der Waals surface area contributed by atoms with E-state index in [-0.39, 0.29) is 17.5 Å². The van der Waals surface area contributed by atoms with Crippen LogP contribution in [0.15, 0.2) is 22.7 Å². The number of amides is 1. The first-order valence-corrected chi connectivity index (χ1v) is 6.97. The Bertz CT molecular complexity index is 508. The third kappa shape index (κ3) is 4.57. The topological polar surface area (TPSA) is 75.5 Å². The zero-order valence-electron chi connectivity index (χ0n) is 11.7. The van der Waals surface area contributed by atoms with Gasteiger partial charge in [-0.3, -0.25) is 14.9 Å². The first kappa shape index (κ1) is 16.6. The van der Waals surface area contributed by atoms with Crippen molar-refractivity contribution in [2.75, 3.05) is 20.6 Å². The van der Waals surface area contributed by atoms with Crippen molar-refractivity contribution in [2.24, 2.45) is 5.92 Å². The Morgan fingerprint density at radius 1 is 1.55 bits per heavy atom. The summed E-state index contributed by atoms with van der Waals surface area (Å²) in [5, 5.41) is 13.5. The van der Waals surface area contributed by atoms with Crippen molar-refractivity contribution in [1.82, 2.24) is 10.2 Å². The Morgan fingerprint density at radius 2 is 2.20 bits per heavy atom. The molecule has 0 saturated carbocycles. The lowest BCUT2D eigenvalue weighted by Gasteiger charge is -2.20. The van der Waals surface area contributed by atoms with Crippen LogP contribution in [0.5, 0.6) is 0 Å².